The quantitative estimate of drug-likeness (QED) is 0.738. The number of rotatable bonds is 2. The van der Waals surface area contributed by atoms with Crippen molar-refractivity contribution in [3.05, 3.63) is 12.4 Å². The van der Waals surface area contributed by atoms with E-state index in [1.54, 1.807) is 12.4 Å². The van der Waals surface area contributed by atoms with Crippen molar-refractivity contribution >= 4 is 23.4 Å². The molecule has 4 nitrogen and oxygen atoms in total. The first kappa shape index (κ1) is 8.62. The Hall–Kier alpha value is -0.970. The van der Waals surface area contributed by atoms with Crippen LogP contribution in [0.4, 0.5) is 11.6 Å². The van der Waals surface area contributed by atoms with Gasteiger partial charge in [0.25, 0.3) is 0 Å². The van der Waals surface area contributed by atoms with Crippen molar-refractivity contribution in [1.29, 1.82) is 0 Å². The molecule has 1 aliphatic rings. The number of hydrogen-bond donors (Lipinski definition) is 2. The lowest BCUT2D eigenvalue weighted by molar-refractivity contribution is 0.798. The predicted octanol–water partition coefficient (Wildman–Crippen LogP) is 0.976. The molecule has 3 N–H and O–H groups in total. The van der Waals surface area contributed by atoms with E-state index in [1.807, 2.05) is 11.8 Å². The summed E-state index contributed by atoms with van der Waals surface area (Å²) in [7, 11) is 0. The predicted molar refractivity (Wildman–Crippen MR) is 55.8 cm³/mol. The highest BCUT2D eigenvalue weighted by Crippen LogP contribution is 2.19. The lowest BCUT2D eigenvalue weighted by Gasteiger charge is -2.10. The molecule has 5 heteroatoms. The number of thioether (sulfide) groups is 1. The minimum absolute atomic E-state index is 0.522. The SMILES string of the molecule is Nc1cnc(NC2CCSC2)nc1. The second-order valence-corrected chi connectivity index (χ2v) is 4.19. The molecule has 0 amide bonds. The molecule has 0 radical (unpaired) electrons. The summed E-state index contributed by atoms with van der Waals surface area (Å²) in [4.78, 5) is 8.17. The van der Waals surface area contributed by atoms with Gasteiger partial charge in [0.05, 0.1) is 18.1 Å². The van der Waals surface area contributed by atoms with E-state index in [0.29, 0.717) is 17.7 Å². The van der Waals surface area contributed by atoms with Gasteiger partial charge in [0, 0.05) is 11.8 Å². The summed E-state index contributed by atoms with van der Waals surface area (Å²) < 4.78 is 0. The molecule has 1 fully saturated rings. The Morgan fingerprint density at radius 3 is 2.85 bits per heavy atom. The molecule has 70 valence electrons. The van der Waals surface area contributed by atoms with Gasteiger partial charge >= 0.3 is 0 Å². The average molecular weight is 196 g/mol. The molecule has 1 aliphatic heterocycles. The molecular formula is C8H12N4S. The number of anilines is 2. The largest absolute Gasteiger partial charge is 0.396 e. The molecule has 0 bridgehead atoms. The van der Waals surface area contributed by atoms with Crippen molar-refractivity contribution in [1.82, 2.24) is 9.97 Å². The molecule has 1 saturated heterocycles. The lowest BCUT2D eigenvalue weighted by Crippen LogP contribution is -2.19. The Morgan fingerprint density at radius 2 is 2.23 bits per heavy atom. The van der Waals surface area contributed by atoms with Gasteiger partial charge in [-0.05, 0) is 12.2 Å². The molecule has 1 aromatic heterocycles. The highest BCUT2D eigenvalue weighted by molar-refractivity contribution is 7.99. The first-order valence-corrected chi connectivity index (χ1v) is 5.42. The maximum absolute atomic E-state index is 5.48. The van der Waals surface area contributed by atoms with Gasteiger partial charge in [-0.25, -0.2) is 9.97 Å². The van der Waals surface area contributed by atoms with E-state index in [0.717, 1.165) is 5.75 Å². The molecule has 0 aliphatic carbocycles. The van der Waals surface area contributed by atoms with Gasteiger partial charge < -0.3 is 11.1 Å². The van der Waals surface area contributed by atoms with Crippen LogP contribution in [0.3, 0.4) is 0 Å². The van der Waals surface area contributed by atoms with Crippen LogP contribution in [0.1, 0.15) is 6.42 Å². The molecule has 0 aromatic carbocycles. The summed E-state index contributed by atoms with van der Waals surface area (Å²) in [6.07, 6.45) is 4.44. The molecule has 1 unspecified atom stereocenters. The summed E-state index contributed by atoms with van der Waals surface area (Å²) in [6, 6.07) is 0.522. The van der Waals surface area contributed by atoms with Crippen molar-refractivity contribution in [2.24, 2.45) is 0 Å². The number of hydrogen-bond acceptors (Lipinski definition) is 5. The summed E-state index contributed by atoms with van der Waals surface area (Å²) >= 11 is 1.96. The standard InChI is InChI=1S/C8H12N4S/c9-6-3-10-8(11-4-6)12-7-1-2-13-5-7/h3-4,7H,1-2,5,9H2,(H,10,11,12). The van der Waals surface area contributed by atoms with Gasteiger partial charge in [0.2, 0.25) is 5.95 Å². The molecule has 13 heavy (non-hydrogen) atoms. The van der Waals surface area contributed by atoms with Crippen LogP contribution in [-0.4, -0.2) is 27.5 Å². The summed E-state index contributed by atoms with van der Waals surface area (Å²) in [5.41, 5.74) is 6.08. The Labute approximate surface area is 81.3 Å². The van der Waals surface area contributed by atoms with Crippen molar-refractivity contribution in [2.45, 2.75) is 12.5 Å². The first-order chi connectivity index (χ1) is 6.34. The summed E-state index contributed by atoms with van der Waals surface area (Å²) in [5.74, 6) is 3.06. The topological polar surface area (TPSA) is 63.8 Å². The van der Waals surface area contributed by atoms with Crippen molar-refractivity contribution in [2.75, 3.05) is 22.6 Å². The fourth-order valence-electron chi connectivity index (χ4n) is 1.24. The van der Waals surface area contributed by atoms with E-state index in [-0.39, 0.29) is 0 Å². The van der Waals surface area contributed by atoms with Gasteiger partial charge in [0.15, 0.2) is 0 Å². The Balaban J connectivity index is 1.97. The molecule has 1 aromatic rings. The second-order valence-electron chi connectivity index (χ2n) is 3.04. The van der Waals surface area contributed by atoms with Crippen LogP contribution < -0.4 is 11.1 Å². The summed E-state index contributed by atoms with van der Waals surface area (Å²) in [6.45, 7) is 0. The van der Waals surface area contributed by atoms with Crippen molar-refractivity contribution < 1.29 is 0 Å². The third-order valence-corrected chi connectivity index (χ3v) is 3.10. The molecule has 2 heterocycles. The van der Waals surface area contributed by atoms with Crippen LogP contribution in [0, 0.1) is 0 Å². The van der Waals surface area contributed by atoms with Crippen LogP contribution in [-0.2, 0) is 0 Å². The van der Waals surface area contributed by atoms with Gasteiger partial charge in [0.1, 0.15) is 0 Å². The van der Waals surface area contributed by atoms with E-state index in [1.165, 1.54) is 12.2 Å². The number of nitrogens with two attached hydrogens (primary N) is 1. The van der Waals surface area contributed by atoms with Crippen LogP contribution in [0.5, 0.6) is 0 Å². The molecule has 1 atom stereocenters. The monoisotopic (exact) mass is 196 g/mol. The van der Waals surface area contributed by atoms with E-state index < -0.39 is 0 Å². The normalized spacial score (nSPS) is 21.7. The number of nitrogens with zero attached hydrogens (tertiary/aromatic N) is 2. The highest BCUT2D eigenvalue weighted by atomic mass is 32.2. The van der Waals surface area contributed by atoms with E-state index >= 15 is 0 Å². The third kappa shape index (κ3) is 2.24. The highest BCUT2D eigenvalue weighted by Gasteiger charge is 2.15. The van der Waals surface area contributed by atoms with Gasteiger partial charge in [-0.2, -0.15) is 11.8 Å². The van der Waals surface area contributed by atoms with Gasteiger partial charge in [-0.1, -0.05) is 0 Å². The smallest absolute Gasteiger partial charge is 0.222 e. The van der Waals surface area contributed by atoms with Crippen LogP contribution >= 0.6 is 11.8 Å². The third-order valence-electron chi connectivity index (χ3n) is 1.93. The van der Waals surface area contributed by atoms with Crippen LogP contribution in [0.25, 0.3) is 0 Å². The van der Waals surface area contributed by atoms with Crippen molar-refractivity contribution in [3.8, 4) is 0 Å². The second kappa shape index (κ2) is 3.83. The molecular weight excluding hydrogens is 184 g/mol. The molecule has 2 rings (SSSR count). The summed E-state index contributed by atoms with van der Waals surface area (Å²) in [5, 5.41) is 3.27. The van der Waals surface area contributed by atoms with Crippen molar-refractivity contribution in [3.63, 3.8) is 0 Å². The first-order valence-electron chi connectivity index (χ1n) is 4.26. The zero-order valence-electron chi connectivity index (χ0n) is 7.23. The van der Waals surface area contributed by atoms with Gasteiger partial charge in [-0.3, -0.25) is 0 Å². The van der Waals surface area contributed by atoms with E-state index in [9.17, 15) is 0 Å². The molecule has 0 spiro atoms. The Kier molecular flexibility index (Phi) is 2.54. The number of nitrogens with one attached hydrogen (secondary N) is 1. The maximum Gasteiger partial charge on any atom is 0.222 e. The minimum Gasteiger partial charge on any atom is -0.396 e. The average Bonchev–Trinajstić information content (AvgIpc) is 2.62. The fourth-order valence-corrected chi connectivity index (χ4v) is 2.40. The lowest BCUT2D eigenvalue weighted by atomic mass is 10.3. The van der Waals surface area contributed by atoms with Crippen LogP contribution in [0.15, 0.2) is 12.4 Å². The number of nitrogen functional groups attached to an aromatic ring is 1. The molecule has 0 saturated carbocycles. The van der Waals surface area contributed by atoms with Gasteiger partial charge in [-0.15, -0.1) is 0 Å². The minimum atomic E-state index is 0.522. The fraction of sp³-hybridized carbons (Fsp3) is 0.500. The van der Waals surface area contributed by atoms with Crippen LogP contribution in [0.2, 0.25) is 0 Å². The van der Waals surface area contributed by atoms with E-state index in [2.05, 4.69) is 15.3 Å². The Bertz CT molecular complexity index is 268. The van der Waals surface area contributed by atoms with E-state index in [4.69, 9.17) is 5.73 Å². The zero-order chi connectivity index (χ0) is 9.10. The Morgan fingerprint density at radius 1 is 1.46 bits per heavy atom. The number of aromatic nitrogens is 2. The zero-order valence-corrected chi connectivity index (χ0v) is 8.05. The maximum atomic E-state index is 5.48.